The Balaban J connectivity index is 1.93. The first kappa shape index (κ1) is 10.1. The van der Waals surface area contributed by atoms with Crippen LogP contribution in [0, 0.1) is 11.8 Å². The quantitative estimate of drug-likeness (QED) is 0.667. The summed E-state index contributed by atoms with van der Waals surface area (Å²) in [5.74, 6) is 0.911. The van der Waals surface area contributed by atoms with Crippen LogP contribution in [0.5, 0.6) is 0 Å². The Labute approximate surface area is 91.1 Å². The van der Waals surface area contributed by atoms with E-state index in [0.29, 0.717) is 30.0 Å². The molecule has 0 aromatic rings. The summed E-state index contributed by atoms with van der Waals surface area (Å²) >= 11 is 0. The minimum absolute atomic E-state index is 0.146. The van der Waals surface area contributed by atoms with Crippen LogP contribution in [0.25, 0.3) is 0 Å². The van der Waals surface area contributed by atoms with Crippen molar-refractivity contribution in [1.82, 2.24) is 4.90 Å². The van der Waals surface area contributed by atoms with E-state index in [1.165, 1.54) is 0 Å². The summed E-state index contributed by atoms with van der Waals surface area (Å²) in [7, 11) is 0. The van der Waals surface area contributed by atoms with Gasteiger partial charge >= 0.3 is 0 Å². The molecule has 3 nitrogen and oxygen atoms in total. The van der Waals surface area contributed by atoms with Crippen molar-refractivity contribution in [3.8, 4) is 0 Å². The van der Waals surface area contributed by atoms with E-state index < -0.39 is 0 Å². The predicted molar refractivity (Wildman–Crippen MR) is 57.4 cm³/mol. The van der Waals surface area contributed by atoms with Gasteiger partial charge in [-0.25, -0.2) is 0 Å². The summed E-state index contributed by atoms with van der Waals surface area (Å²) in [6.45, 7) is 4.34. The molecule has 2 saturated heterocycles. The molecular weight excluding hydrogens is 190 g/mol. The third-order valence-corrected chi connectivity index (χ3v) is 4.81. The number of piperidine rings is 2. The average molecular weight is 211 g/mol. The normalized spacial score (nSPS) is 54.2. The zero-order chi connectivity index (χ0) is 10.7. The number of aliphatic hydroxyl groups excluding tert-OH is 2. The Hall–Kier alpha value is -0.120. The van der Waals surface area contributed by atoms with Gasteiger partial charge < -0.3 is 10.2 Å². The molecule has 4 aliphatic rings. The minimum Gasteiger partial charge on any atom is -0.391 e. The number of hydrogen-bond donors (Lipinski definition) is 2. The number of rotatable bonds is 1. The molecule has 2 aliphatic carbocycles. The van der Waals surface area contributed by atoms with Gasteiger partial charge in [-0.3, -0.25) is 4.90 Å². The molecule has 2 saturated carbocycles. The number of aliphatic hydroxyl groups is 2. The minimum atomic E-state index is -0.146. The van der Waals surface area contributed by atoms with Crippen LogP contribution < -0.4 is 0 Å². The lowest BCUT2D eigenvalue weighted by Crippen LogP contribution is -2.71. The molecule has 0 aromatic heterocycles. The van der Waals surface area contributed by atoms with E-state index >= 15 is 0 Å². The molecule has 6 atom stereocenters. The number of hydrogen-bond acceptors (Lipinski definition) is 3. The van der Waals surface area contributed by atoms with Crippen molar-refractivity contribution >= 4 is 0 Å². The molecule has 4 rings (SSSR count). The second-order valence-corrected chi connectivity index (χ2v) is 5.88. The van der Waals surface area contributed by atoms with Crippen molar-refractivity contribution in [2.24, 2.45) is 11.8 Å². The maximum absolute atomic E-state index is 10.2. The van der Waals surface area contributed by atoms with E-state index in [1.807, 2.05) is 0 Å². The molecule has 4 fully saturated rings. The molecule has 15 heavy (non-hydrogen) atoms. The van der Waals surface area contributed by atoms with Crippen LogP contribution in [-0.2, 0) is 0 Å². The maximum atomic E-state index is 10.2. The van der Waals surface area contributed by atoms with Crippen LogP contribution in [0.3, 0.4) is 0 Å². The highest BCUT2D eigenvalue weighted by molar-refractivity contribution is 5.09. The zero-order valence-corrected chi connectivity index (χ0v) is 9.50. The average Bonchev–Trinajstić information content (AvgIpc) is 2.15. The van der Waals surface area contributed by atoms with Crippen LogP contribution in [-0.4, -0.2) is 45.4 Å². The Bertz CT molecular complexity index is 246. The third kappa shape index (κ3) is 1.23. The molecule has 3 heteroatoms. The largest absolute Gasteiger partial charge is 0.391 e. The molecular formula is C12H21NO2. The van der Waals surface area contributed by atoms with Gasteiger partial charge in [-0.05, 0) is 44.9 Å². The van der Waals surface area contributed by atoms with Gasteiger partial charge in [0.15, 0.2) is 0 Å². The van der Waals surface area contributed by atoms with Crippen molar-refractivity contribution in [2.75, 3.05) is 0 Å². The van der Waals surface area contributed by atoms with E-state index in [2.05, 4.69) is 18.7 Å². The van der Waals surface area contributed by atoms with Crippen LogP contribution in [0.1, 0.15) is 33.1 Å². The Morgan fingerprint density at radius 1 is 0.933 bits per heavy atom. The molecule has 0 aromatic carbocycles. The highest BCUT2D eigenvalue weighted by atomic mass is 16.3. The van der Waals surface area contributed by atoms with Crippen molar-refractivity contribution in [1.29, 1.82) is 0 Å². The van der Waals surface area contributed by atoms with Gasteiger partial charge in [0, 0.05) is 18.1 Å². The highest BCUT2D eigenvalue weighted by Gasteiger charge is 2.56. The first-order chi connectivity index (χ1) is 7.09. The summed E-state index contributed by atoms with van der Waals surface area (Å²) in [6.07, 6.45) is 2.74. The molecule has 0 amide bonds. The SMILES string of the molecule is CC(C)N1C2CC3CC(CC1C3O)C2O. The first-order valence-electron chi connectivity index (χ1n) is 6.23. The molecule has 2 N–H and O–H groups in total. The standard InChI is InChI=1S/C12H21NO2/c1-6(2)13-9-4-7-3-8(12(9)15)5-10(13)11(7)14/h6-12,14-15H,3-5H2,1-2H3. The van der Waals surface area contributed by atoms with Crippen LogP contribution in [0.15, 0.2) is 0 Å². The topological polar surface area (TPSA) is 43.7 Å². The molecule has 4 bridgehead atoms. The predicted octanol–water partition coefficient (Wildman–Crippen LogP) is 0.599. The smallest absolute Gasteiger partial charge is 0.0724 e. The summed E-state index contributed by atoms with van der Waals surface area (Å²) in [6, 6.07) is 1.07. The first-order valence-corrected chi connectivity index (χ1v) is 6.23. The summed E-state index contributed by atoms with van der Waals surface area (Å²) in [4.78, 5) is 2.36. The molecule has 2 aliphatic heterocycles. The molecule has 0 spiro atoms. The van der Waals surface area contributed by atoms with Crippen LogP contribution in [0.2, 0.25) is 0 Å². The Kier molecular flexibility index (Phi) is 2.14. The highest BCUT2D eigenvalue weighted by Crippen LogP contribution is 2.49. The van der Waals surface area contributed by atoms with E-state index in [0.717, 1.165) is 19.3 Å². The van der Waals surface area contributed by atoms with Gasteiger partial charge in [0.05, 0.1) is 12.2 Å². The molecule has 86 valence electrons. The van der Waals surface area contributed by atoms with Gasteiger partial charge in [-0.2, -0.15) is 0 Å². The van der Waals surface area contributed by atoms with Crippen LogP contribution >= 0.6 is 0 Å². The number of nitrogens with zero attached hydrogens (tertiary/aromatic N) is 1. The van der Waals surface area contributed by atoms with Crippen molar-refractivity contribution in [3.05, 3.63) is 0 Å². The van der Waals surface area contributed by atoms with Gasteiger partial charge in [0.2, 0.25) is 0 Å². The van der Waals surface area contributed by atoms with E-state index in [4.69, 9.17) is 0 Å². The van der Waals surface area contributed by atoms with E-state index in [1.54, 1.807) is 0 Å². The van der Waals surface area contributed by atoms with Gasteiger partial charge in [0.25, 0.3) is 0 Å². The van der Waals surface area contributed by atoms with Crippen molar-refractivity contribution < 1.29 is 10.2 Å². The second-order valence-electron chi connectivity index (χ2n) is 5.88. The maximum Gasteiger partial charge on any atom is 0.0724 e. The van der Waals surface area contributed by atoms with Gasteiger partial charge in [-0.1, -0.05) is 0 Å². The lowest BCUT2D eigenvalue weighted by atomic mass is 9.60. The van der Waals surface area contributed by atoms with Gasteiger partial charge in [0.1, 0.15) is 0 Å². The zero-order valence-electron chi connectivity index (χ0n) is 9.50. The summed E-state index contributed by atoms with van der Waals surface area (Å²) in [5.41, 5.74) is 0. The third-order valence-electron chi connectivity index (χ3n) is 4.81. The Morgan fingerprint density at radius 2 is 1.40 bits per heavy atom. The monoisotopic (exact) mass is 211 g/mol. The van der Waals surface area contributed by atoms with Crippen molar-refractivity contribution in [3.63, 3.8) is 0 Å². The fraction of sp³-hybridized carbons (Fsp3) is 1.00. The van der Waals surface area contributed by atoms with Gasteiger partial charge in [-0.15, -0.1) is 0 Å². The molecule has 6 unspecified atom stereocenters. The lowest BCUT2D eigenvalue weighted by molar-refractivity contribution is -0.195. The Morgan fingerprint density at radius 3 is 1.80 bits per heavy atom. The van der Waals surface area contributed by atoms with E-state index in [9.17, 15) is 10.2 Å². The van der Waals surface area contributed by atoms with Crippen molar-refractivity contribution in [2.45, 2.75) is 63.4 Å². The van der Waals surface area contributed by atoms with Crippen LogP contribution in [0.4, 0.5) is 0 Å². The molecule has 2 heterocycles. The second kappa shape index (κ2) is 3.19. The molecule has 0 radical (unpaired) electrons. The summed E-state index contributed by atoms with van der Waals surface area (Å²) < 4.78 is 0. The summed E-state index contributed by atoms with van der Waals surface area (Å²) in [5, 5.41) is 20.4. The lowest BCUT2D eigenvalue weighted by Gasteiger charge is -2.61. The fourth-order valence-electron chi connectivity index (χ4n) is 4.27. The van der Waals surface area contributed by atoms with E-state index in [-0.39, 0.29) is 12.2 Å². The fourth-order valence-corrected chi connectivity index (χ4v) is 4.27.